The molecule has 6 rings (SSSR count). The average Bonchev–Trinajstić information content (AvgIpc) is 3.38. The van der Waals surface area contributed by atoms with Crippen molar-refractivity contribution in [2.75, 3.05) is 20.9 Å². The van der Waals surface area contributed by atoms with E-state index in [4.69, 9.17) is 15.2 Å². The smallest absolute Gasteiger partial charge is 0.255 e. The first-order valence-corrected chi connectivity index (χ1v) is 12.9. The summed E-state index contributed by atoms with van der Waals surface area (Å²) in [5.41, 5.74) is 1.99. The molecule has 0 fully saturated rings. The van der Waals surface area contributed by atoms with Crippen LogP contribution in [0.2, 0.25) is 0 Å². The van der Waals surface area contributed by atoms with Gasteiger partial charge in [-0.1, -0.05) is 25.1 Å². The lowest BCUT2D eigenvalue weighted by atomic mass is 9.55. The zero-order valence-corrected chi connectivity index (χ0v) is 22.3. The lowest BCUT2D eigenvalue weighted by Gasteiger charge is -2.53. The van der Waals surface area contributed by atoms with Gasteiger partial charge in [-0.05, 0) is 43.3 Å². The largest absolute Gasteiger partial charge is 0.510 e. The molecule has 1 aliphatic heterocycles. The van der Waals surface area contributed by atoms with E-state index < -0.39 is 81.4 Å². The molecule has 0 unspecified atom stereocenters. The summed E-state index contributed by atoms with van der Waals surface area (Å²) < 4.78 is 10.8. The standard InChI is InChI=1S/C29H28N2O10/c1-10-12-5-6-13(11-4-7-14-15(8-11)41-9-40-14)22(32)17(12)23(33)18-16(10)24(34)20-21(31(2)3)25(35)19(28(30)38)27(37)29(20,39)26(18)36/h4-8,10,16,20-21,24,32,34-36,39H,9H2,1-3H3,(H2,30,38)/t10-,16-,20+,21-,24-,29-/m1/s1. The van der Waals surface area contributed by atoms with Crippen molar-refractivity contribution < 1.29 is 49.4 Å². The molecule has 4 aliphatic rings. The van der Waals surface area contributed by atoms with Crippen LogP contribution in [0.3, 0.4) is 0 Å². The second-order valence-corrected chi connectivity index (χ2v) is 11.0. The summed E-state index contributed by atoms with van der Waals surface area (Å²) in [5.74, 6) is -8.31. The molecule has 0 saturated heterocycles. The molecular weight excluding hydrogens is 536 g/mol. The van der Waals surface area contributed by atoms with Crippen molar-refractivity contribution in [3.63, 3.8) is 0 Å². The third-order valence-corrected chi connectivity index (χ3v) is 8.81. The summed E-state index contributed by atoms with van der Waals surface area (Å²) in [6.45, 7) is 1.72. The predicted molar refractivity (Wildman–Crippen MR) is 141 cm³/mol. The lowest BCUT2D eigenvalue weighted by molar-refractivity contribution is -0.162. The minimum atomic E-state index is -2.96. The van der Waals surface area contributed by atoms with E-state index in [0.717, 1.165) is 0 Å². The summed E-state index contributed by atoms with van der Waals surface area (Å²) in [7, 11) is 2.97. The van der Waals surface area contributed by atoms with Crippen LogP contribution in [0.1, 0.15) is 28.8 Å². The van der Waals surface area contributed by atoms with Crippen molar-refractivity contribution in [1.82, 2.24) is 4.90 Å². The third kappa shape index (κ3) is 3.35. The molecule has 2 aromatic rings. The van der Waals surface area contributed by atoms with E-state index in [-0.39, 0.29) is 17.9 Å². The molecule has 12 nitrogen and oxygen atoms in total. The van der Waals surface area contributed by atoms with Crippen LogP contribution in [0.4, 0.5) is 0 Å². The molecule has 0 radical (unpaired) electrons. The van der Waals surface area contributed by atoms with Crippen LogP contribution in [0, 0.1) is 11.8 Å². The predicted octanol–water partition coefficient (Wildman–Crippen LogP) is 1.05. The van der Waals surface area contributed by atoms with Crippen molar-refractivity contribution >= 4 is 17.5 Å². The summed E-state index contributed by atoms with van der Waals surface area (Å²) >= 11 is 0. The number of rotatable bonds is 3. The van der Waals surface area contributed by atoms with Crippen LogP contribution in [-0.4, -0.2) is 86.5 Å². The quantitative estimate of drug-likeness (QED) is 0.291. The Hall–Kier alpha value is -4.39. The van der Waals surface area contributed by atoms with Gasteiger partial charge in [-0.3, -0.25) is 19.3 Å². The van der Waals surface area contributed by atoms with Crippen LogP contribution >= 0.6 is 0 Å². The Morgan fingerprint density at radius 2 is 1.76 bits per heavy atom. The number of Topliss-reactive ketones (excluding diaryl/α,β-unsaturated/α-hetero) is 2. The van der Waals surface area contributed by atoms with Crippen LogP contribution in [0.5, 0.6) is 17.2 Å². The summed E-state index contributed by atoms with van der Waals surface area (Å²) in [6.07, 6.45) is -1.65. The minimum absolute atomic E-state index is 0.0455. The number of amides is 1. The van der Waals surface area contributed by atoms with Gasteiger partial charge in [-0.15, -0.1) is 0 Å². The molecule has 41 heavy (non-hydrogen) atoms. The van der Waals surface area contributed by atoms with Gasteiger partial charge in [0.05, 0.1) is 23.6 Å². The number of phenols is 1. The fraction of sp³-hybridized carbons (Fsp3) is 0.345. The Labute approximate surface area is 233 Å². The lowest BCUT2D eigenvalue weighted by Crippen LogP contribution is -2.68. The van der Waals surface area contributed by atoms with Gasteiger partial charge in [0.2, 0.25) is 12.6 Å². The molecule has 12 heteroatoms. The van der Waals surface area contributed by atoms with E-state index in [0.29, 0.717) is 22.6 Å². The number of primary amides is 1. The number of aromatic hydroxyl groups is 1. The van der Waals surface area contributed by atoms with Crippen LogP contribution < -0.4 is 15.2 Å². The van der Waals surface area contributed by atoms with E-state index in [9.17, 15) is 39.9 Å². The molecule has 3 aliphatic carbocycles. The highest BCUT2D eigenvalue weighted by Gasteiger charge is 2.67. The Balaban J connectivity index is 1.56. The number of phenolic OH excluding ortho intramolecular Hbond substituents is 1. The second-order valence-electron chi connectivity index (χ2n) is 11.0. The van der Waals surface area contributed by atoms with Crippen LogP contribution in [0.25, 0.3) is 11.1 Å². The first kappa shape index (κ1) is 26.8. The van der Waals surface area contributed by atoms with E-state index in [1.807, 2.05) is 0 Å². The van der Waals surface area contributed by atoms with Crippen molar-refractivity contribution in [3.8, 4) is 28.4 Å². The second kappa shape index (κ2) is 8.80. The number of nitrogens with two attached hydrogens (primary N) is 1. The Kier molecular flexibility index (Phi) is 5.76. The third-order valence-electron chi connectivity index (χ3n) is 8.81. The van der Waals surface area contributed by atoms with Gasteiger partial charge >= 0.3 is 0 Å². The van der Waals surface area contributed by atoms with E-state index in [1.54, 1.807) is 37.3 Å². The first-order chi connectivity index (χ1) is 19.3. The summed E-state index contributed by atoms with van der Waals surface area (Å²) in [4.78, 5) is 41.1. The number of ether oxygens (including phenoxy) is 2. The van der Waals surface area contributed by atoms with Crippen molar-refractivity contribution in [2.24, 2.45) is 17.6 Å². The molecule has 1 amide bonds. The molecule has 2 aromatic carbocycles. The topological polar surface area (TPSA) is 200 Å². The van der Waals surface area contributed by atoms with Gasteiger partial charge in [-0.2, -0.15) is 0 Å². The highest BCUT2D eigenvalue weighted by atomic mass is 16.7. The summed E-state index contributed by atoms with van der Waals surface area (Å²) in [6, 6.07) is 6.92. The van der Waals surface area contributed by atoms with Crippen molar-refractivity contribution in [3.05, 3.63) is 64.1 Å². The van der Waals surface area contributed by atoms with Crippen molar-refractivity contribution in [1.29, 1.82) is 0 Å². The molecule has 0 bridgehead atoms. The Morgan fingerprint density at radius 1 is 1.07 bits per heavy atom. The number of aliphatic hydroxyl groups is 4. The van der Waals surface area contributed by atoms with E-state index >= 15 is 0 Å². The van der Waals surface area contributed by atoms with Crippen LogP contribution in [-0.2, 0) is 9.59 Å². The first-order valence-electron chi connectivity index (χ1n) is 12.9. The maximum atomic E-state index is 14.0. The number of nitrogens with zero attached hydrogens (tertiary/aromatic N) is 1. The van der Waals surface area contributed by atoms with E-state index in [2.05, 4.69) is 0 Å². The molecule has 0 aromatic heterocycles. The highest BCUT2D eigenvalue weighted by Crippen LogP contribution is 2.56. The van der Waals surface area contributed by atoms with Gasteiger partial charge in [0.25, 0.3) is 5.91 Å². The zero-order valence-electron chi connectivity index (χ0n) is 22.3. The molecule has 7 N–H and O–H groups in total. The maximum absolute atomic E-state index is 14.0. The number of carbonyl (C=O) groups is 3. The monoisotopic (exact) mass is 564 g/mol. The average molecular weight is 565 g/mol. The number of benzene rings is 2. The van der Waals surface area contributed by atoms with Gasteiger partial charge in [0.1, 0.15) is 22.8 Å². The van der Waals surface area contributed by atoms with Gasteiger partial charge in [-0.25, -0.2) is 0 Å². The molecule has 0 spiro atoms. The number of hydrogen-bond acceptors (Lipinski definition) is 11. The molecule has 0 saturated carbocycles. The molecule has 1 heterocycles. The van der Waals surface area contributed by atoms with Gasteiger partial charge in [0.15, 0.2) is 22.9 Å². The molecule has 214 valence electrons. The number of aliphatic hydroxyl groups excluding tert-OH is 3. The zero-order chi connectivity index (χ0) is 29.7. The summed E-state index contributed by atoms with van der Waals surface area (Å²) in [5, 5.41) is 57.3. The Morgan fingerprint density at radius 3 is 2.41 bits per heavy atom. The Bertz CT molecular complexity index is 1630. The van der Waals surface area contributed by atoms with E-state index in [1.165, 1.54) is 19.0 Å². The number of hydrogen-bond donors (Lipinski definition) is 6. The number of carbonyl (C=O) groups excluding carboxylic acids is 3. The number of ketones is 2. The SMILES string of the molecule is C[C@@H]1c2ccc(-c3ccc4c(c3)OCO4)c(O)c2C(=O)C2=C(O)[C@@]3(O)C(=O)C(C(N)=O)=C(O)[C@H](N(C)C)[C@H]3[C@H](O)[C@@H]21. The highest BCUT2D eigenvalue weighted by molar-refractivity contribution is 6.25. The minimum Gasteiger partial charge on any atom is -0.510 e. The fourth-order valence-corrected chi connectivity index (χ4v) is 6.92. The molecule has 6 atom stereocenters. The van der Waals surface area contributed by atoms with Gasteiger partial charge in [0, 0.05) is 17.1 Å². The van der Waals surface area contributed by atoms with Gasteiger partial charge < -0.3 is 40.7 Å². The number of likely N-dealkylation sites (N-methyl/N-ethyl adjacent to an activating group) is 1. The maximum Gasteiger partial charge on any atom is 0.255 e. The fourth-order valence-electron chi connectivity index (χ4n) is 6.92. The number of fused-ring (bicyclic) bond motifs is 4. The normalized spacial score (nSPS) is 30.3. The molecular formula is C29H28N2O10. The van der Waals surface area contributed by atoms with Crippen molar-refractivity contribution in [2.45, 2.75) is 30.6 Å². The van der Waals surface area contributed by atoms with Crippen LogP contribution in [0.15, 0.2) is 53.0 Å².